The first-order valence-corrected chi connectivity index (χ1v) is 8.16. The van der Waals surface area contributed by atoms with Gasteiger partial charge in [0.2, 0.25) is 0 Å². The fraction of sp³-hybridized carbons (Fsp3) is 0.375. The molecule has 1 amide bonds. The van der Waals surface area contributed by atoms with Gasteiger partial charge in [-0.05, 0) is 36.4 Å². The maximum absolute atomic E-state index is 12.4. The van der Waals surface area contributed by atoms with Crippen molar-refractivity contribution in [3.63, 3.8) is 0 Å². The van der Waals surface area contributed by atoms with E-state index >= 15 is 0 Å². The predicted octanol–water partition coefficient (Wildman–Crippen LogP) is 3.85. The van der Waals surface area contributed by atoms with Crippen molar-refractivity contribution < 1.29 is 4.79 Å². The van der Waals surface area contributed by atoms with Crippen molar-refractivity contribution in [3.05, 3.63) is 46.3 Å². The third-order valence-corrected chi connectivity index (χ3v) is 4.16. The van der Waals surface area contributed by atoms with Crippen molar-refractivity contribution in [2.75, 3.05) is 11.9 Å². The molecule has 0 radical (unpaired) electrons. The molecule has 0 fully saturated rings. The van der Waals surface area contributed by atoms with Crippen LogP contribution in [0.4, 0.5) is 5.82 Å². The van der Waals surface area contributed by atoms with Crippen molar-refractivity contribution in [2.24, 2.45) is 0 Å². The molecule has 2 rings (SSSR count). The zero-order valence-electron chi connectivity index (χ0n) is 12.4. The molecule has 2 N–H and O–H groups in total. The highest BCUT2D eigenvalue weighted by molar-refractivity contribution is 7.10. The molecule has 112 valence electrons. The third kappa shape index (κ3) is 4.29. The zero-order chi connectivity index (χ0) is 15.1. The van der Waals surface area contributed by atoms with Crippen LogP contribution in [0.25, 0.3) is 0 Å². The number of nitrogens with zero attached hydrogens (tertiary/aromatic N) is 1. The molecule has 0 spiro atoms. The molecule has 0 aliphatic carbocycles. The summed E-state index contributed by atoms with van der Waals surface area (Å²) in [4.78, 5) is 17.8. The van der Waals surface area contributed by atoms with Crippen LogP contribution in [-0.4, -0.2) is 17.4 Å². The molecule has 0 aliphatic rings. The van der Waals surface area contributed by atoms with Crippen LogP contribution in [0.2, 0.25) is 0 Å². The SMILES string of the molecule is CCCNc1cc(C(=O)NC(CC)c2cccs2)ccn1. The van der Waals surface area contributed by atoms with E-state index in [0.717, 1.165) is 25.2 Å². The van der Waals surface area contributed by atoms with Gasteiger partial charge >= 0.3 is 0 Å². The van der Waals surface area contributed by atoms with Gasteiger partial charge in [0.15, 0.2) is 0 Å². The van der Waals surface area contributed by atoms with Gasteiger partial charge in [-0.15, -0.1) is 11.3 Å². The fourth-order valence-corrected chi connectivity index (χ4v) is 2.89. The first-order chi connectivity index (χ1) is 10.2. The Morgan fingerprint density at radius 3 is 2.90 bits per heavy atom. The standard InChI is InChI=1S/C16H21N3OS/c1-3-8-17-15-11-12(7-9-18-15)16(20)19-13(4-2)14-6-5-10-21-14/h5-7,9-11,13H,3-4,8H2,1-2H3,(H,17,18)(H,19,20). The van der Waals surface area contributed by atoms with Crippen LogP contribution in [-0.2, 0) is 0 Å². The molecular weight excluding hydrogens is 282 g/mol. The second-order valence-corrected chi connectivity index (χ2v) is 5.79. The summed E-state index contributed by atoms with van der Waals surface area (Å²) in [7, 11) is 0. The van der Waals surface area contributed by atoms with E-state index in [0.29, 0.717) is 5.56 Å². The molecule has 5 heteroatoms. The Morgan fingerprint density at radius 1 is 1.38 bits per heavy atom. The summed E-state index contributed by atoms with van der Waals surface area (Å²) in [6.07, 6.45) is 3.56. The minimum Gasteiger partial charge on any atom is -0.370 e. The molecule has 2 aromatic heterocycles. The topological polar surface area (TPSA) is 54.0 Å². The number of rotatable bonds is 7. The van der Waals surface area contributed by atoms with Crippen molar-refractivity contribution in [3.8, 4) is 0 Å². The number of hydrogen-bond acceptors (Lipinski definition) is 4. The lowest BCUT2D eigenvalue weighted by Gasteiger charge is -2.15. The number of thiophene rings is 1. The van der Waals surface area contributed by atoms with Crippen molar-refractivity contribution >= 4 is 23.1 Å². The summed E-state index contributed by atoms with van der Waals surface area (Å²) in [6.45, 7) is 5.02. The monoisotopic (exact) mass is 303 g/mol. The minimum absolute atomic E-state index is 0.0581. The summed E-state index contributed by atoms with van der Waals surface area (Å²) in [6, 6.07) is 7.67. The summed E-state index contributed by atoms with van der Waals surface area (Å²) in [5.41, 5.74) is 0.638. The van der Waals surface area contributed by atoms with Gasteiger partial charge in [0, 0.05) is 23.2 Å². The van der Waals surface area contributed by atoms with Gasteiger partial charge in [-0.3, -0.25) is 4.79 Å². The quantitative estimate of drug-likeness (QED) is 0.817. The summed E-state index contributed by atoms with van der Waals surface area (Å²) >= 11 is 1.67. The van der Waals surface area contributed by atoms with Gasteiger partial charge in [0.05, 0.1) is 6.04 Å². The van der Waals surface area contributed by atoms with Crippen LogP contribution in [0.1, 0.15) is 48.0 Å². The molecule has 0 saturated heterocycles. The van der Waals surface area contributed by atoms with E-state index in [2.05, 4.69) is 35.5 Å². The highest BCUT2D eigenvalue weighted by atomic mass is 32.1. The molecule has 2 heterocycles. The van der Waals surface area contributed by atoms with E-state index in [4.69, 9.17) is 0 Å². The first kappa shape index (κ1) is 15.5. The lowest BCUT2D eigenvalue weighted by atomic mass is 10.1. The van der Waals surface area contributed by atoms with E-state index < -0.39 is 0 Å². The Balaban J connectivity index is 2.05. The summed E-state index contributed by atoms with van der Waals surface area (Å²) in [5.74, 6) is 0.686. The average Bonchev–Trinajstić information content (AvgIpc) is 3.04. The summed E-state index contributed by atoms with van der Waals surface area (Å²) in [5, 5.41) is 8.31. The average molecular weight is 303 g/mol. The zero-order valence-corrected chi connectivity index (χ0v) is 13.2. The molecule has 1 unspecified atom stereocenters. The maximum Gasteiger partial charge on any atom is 0.251 e. The van der Waals surface area contributed by atoms with Crippen LogP contribution in [0.5, 0.6) is 0 Å². The number of pyridine rings is 1. The largest absolute Gasteiger partial charge is 0.370 e. The molecule has 0 saturated carbocycles. The Bertz CT molecular complexity index is 569. The Kier molecular flexibility index (Phi) is 5.75. The van der Waals surface area contributed by atoms with Gasteiger partial charge in [0.1, 0.15) is 5.82 Å². The second kappa shape index (κ2) is 7.78. The molecule has 0 aliphatic heterocycles. The number of aromatic nitrogens is 1. The van der Waals surface area contributed by atoms with Gasteiger partial charge in [0.25, 0.3) is 5.91 Å². The van der Waals surface area contributed by atoms with Gasteiger partial charge in [-0.2, -0.15) is 0 Å². The number of hydrogen-bond donors (Lipinski definition) is 2. The molecule has 21 heavy (non-hydrogen) atoms. The third-order valence-electron chi connectivity index (χ3n) is 3.18. The molecule has 0 aromatic carbocycles. The number of carbonyl (C=O) groups excluding carboxylic acids is 1. The van der Waals surface area contributed by atoms with Crippen molar-refractivity contribution in [1.29, 1.82) is 0 Å². The minimum atomic E-state index is -0.0581. The number of amides is 1. The van der Waals surface area contributed by atoms with Gasteiger partial charge in [-0.1, -0.05) is 19.9 Å². The Hall–Kier alpha value is -1.88. The Labute approximate surface area is 129 Å². The van der Waals surface area contributed by atoms with E-state index in [1.165, 1.54) is 4.88 Å². The van der Waals surface area contributed by atoms with Gasteiger partial charge < -0.3 is 10.6 Å². The van der Waals surface area contributed by atoms with E-state index in [9.17, 15) is 4.79 Å². The molecular formula is C16H21N3OS. The normalized spacial score (nSPS) is 11.9. The Morgan fingerprint density at radius 2 is 2.24 bits per heavy atom. The fourth-order valence-electron chi connectivity index (χ4n) is 2.03. The number of carbonyl (C=O) groups is 1. The number of nitrogens with one attached hydrogen (secondary N) is 2. The summed E-state index contributed by atoms with van der Waals surface area (Å²) < 4.78 is 0. The molecule has 0 bridgehead atoms. The van der Waals surface area contributed by atoms with Crippen LogP contribution < -0.4 is 10.6 Å². The lowest BCUT2D eigenvalue weighted by molar-refractivity contribution is 0.0936. The first-order valence-electron chi connectivity index (χ1n) is 7.28. The van der Waals surface area contributed by atoms with Crippen LogP contribution in [0.15, 0.2) is 35.8 Å². The van der Waals surface area contributed by atoms with E-state index in [1.54, 1.807) is 29.7 Å². The highest BCUT2D eigenvalue weighted by Gasteiger charge is 2.15. The predicted molar refractivity (Wildman–Crippen MR) is 87.8 cm³/mol. The van der Waals surface area contributed by atoms with Crippen molar-refractivity contribution in [2.45, 2.75) is 32.7 Å². The van der Waals surface area contributed by atoms with Crippen molar-refractivity contribution in [1.82, 2.24) is 10.3 Å². The number of anilines is 1. The maximum atomic E-state index is 12.4. The van der Waals surface area contributed by atoms with Crippen LogP contribution in [0.3, 0.4) is 0 Å². The highest BCUT2D eigenvalue weighted by Crippen LogP contribution is 2.22. The molecule has 4 nitrogen and oxygen atoms in total. The second-order valence-electron chi connectivity index (χ2n) is 4.81. The van der Waals surface area contributed by atoms with Gasteiger partial charge in [-0.25, -0.2) is 4.98 Å². The smallest absolute Gasteiger partial charge is 0.251 e. The van der Waals surface area contributed by atoms with E-state index in [-0.39, 0.29) is 11.9 Å². The molecule has 1 atom stereocenters. The molecule has 2 aromatic rings. The van der Waals surface area contributed by atoms with Crippen LogP contribution >= 0.6 is 11.3 Å². The van der Waals surface area contributed by atoms with Crippen LogP contribution in [0, 0.1) is 0 Å². The lowest BCUT2D eigenvalue weighted by Crippen LogP contribution is -2.27. The van der Waals surface area contributed by atoms with E-state index in [1.807, 2.05) is 11.4 Å².